The molecule has 0 atom stereocenters. The van der Waals surface area contributed by atoms with Crippen molar-refractivity contribution in [3.63, 3.8) is 0 Å². The minimum absolute atomic E-state index is 0.143. The van der Waals surface area contributed by atoms with Crippen LogP contribution in [0.5, 0.6) is 5.75 Å². The number of nitrogens with two attached hydrogens (primary N) is 1. The van der Waals surface area contributed by atoms with Gasteiger partial charge in [0.2, 0.25) is 5.91 Å². The molecule has 0 fully saturated rings. The zero-order valence-corrected chi connectivity index (χ0v) is 13.8. The van der Waals surface area contributed by atoms with Gasteiger partial charge in [-0.05, 0) is 47.5 Å². The van der Waals surface area contributed by atoms with Gasteiger partial charge in [-0.1, -0.05) is 11.6 Å². The molecule has 0 saturated carbocycles. The number of carbonyl (C=O) groups is 2. The van der Waals surface area contributed by atoms with E-state index in [1.807, 2.05) is 0 Å². The smallest absolute Gasteiger partial charge is 0.270 e. The van der Waals surface area contributed by atoms with Crippen LogP contribution in [-0.2, 0) is 13.1 Å². The van der Waals surface area contributed by atoms with Crippen LogP contribution in [0, 0.1) is 0 Å². The molecule has 1 aliphatic heterocycles. The lowest BCUT2D eigenvalue weighted by atomic mass is 10.1. The van der Waals surface area contributed by atoms with Crippen molar-refractivity contribution in [2.75, 3.05) is 0 Å². The Morgan fingerprint density at radius 1 is 1.16 bits per heavy atom. The number of hydrogen-bond donors (Lipinski definition) is 3. The van der Waals surface area contributed by atoms with E-state index >= 15 is 0 Å². The molecule has 3 aromatic rings. The van der Waals surface area contributed by atoms with Crippen molar-refractivity contribution in [1.82, 2.24) is 9.88 Å². The number of aromatic hydroxyl groups is 1. The van der Waals surface area contributed by atoms with Crippen LogP contribution in [0.3, 0.4) is 0 Å². The zero-order chi connectivity index (χ0) is 17.7. The number of amides is 2. The lowest BCUT2D eigenvalue weighted by Gasteiger charge is -2.14. The Balaban J connectivity index is 1.65. The van der Waals surface area contributed by atoms with Crippen molar-refractivity contribution < 1.29 is 14.7 Å². The Hall–Kier alpha value is -2.99. The topological polar surface area (TPSA) is 99.4 Å². The monoisotopic (exact) mass is 355 g/mol. The average Bonchev–Trinajstić information content (AvgIpc) is 3.17. The average molecular weight is 356 g/mol. The Morgan fingerprint density at radius 3 is 2.72 bits per heavy atom. The molecule has 0 unspecified atom stereocenters. The summed E-state index contributed by atoms with van der Waals surface area (Å²) < 4.78 is 0. The van der Waals surface area contributed by atoms with Crippen LogP contribution in [0.2, 0.25) is 5.02 Å². The van der Waals surface area contributed by atoms with Crippen molar-refractivity contribution in [3.05, 3.63) is 63.8 Å². The first-order chi connectivity index (χ1) is 11.9. The number of rotatable bonds is 2. The summed E-state index contributed by atoms with van der Waals surface area (Å²) in [5, 5.41) is 10.7. The lowest BCUT2D eigenvalue weighted by Crippen LogP contribution is -2.25. The molecular formula is C18H14ClN3O3. The van der Waals surface area contributed by atoms with Crippen molar-refractivity contribution in [1.29, 1.82) is 0 Å². The molecule has 1 aliphatic rings. The first kappa shape index (κ1) is 15.5. The number of hydrogen-bond acceptors (Lipinski definition) is 3. The molecule has 0 saturated heterocycles. The summed E-state index contributed by atoms with van der Waals surface area (Å²) in [6, 6.07) is 9.79. The van der Waals surface area contributed by atoms with Crippen molar-refractivity contribution in [2.24, 2.45) is 5.73 Å². The molecule has 7 heteroatoms. The van der Waals surface area contributed by atoms with Crippen LogP contribution in [0.1, 0.15) is 32.0 Å². The Morgan fingerprint density at radius 2 is 1.96 bits per heavy atom. The van der Waals surface area contributed by atoms with Crippen LogP contribution in [-0.4, -0.2) is 26.8 Å². The molecule has 25 heavy (non-hydrogen) atoms. The molecule has 0 bridgehead atoms. The van der Waals surface area contributed by atoms with Crippen LogP contribution < -0.4 is 5.73 Å². The molecule has 1 aromatic heterocycles. The summed E-state index contributed by atoms with van der Waals surface area (Å²) in [5.41, 5.74) is 8.50. The van der Waals surface area contributed by atoms with Crippen LogP contribution in [0.15, 0.2) is 36.4 Å². The maximum absolute atomic E-state index is 12.8. The molecule has 0 aliphatic carbocycles. The van der Waals surface area contributed by atoms with E-state index < -0.39 is 5.91 Å². The number of phenols is 1. The molecule has 2 amide bonds. The van der Waals surface area contributed by atoms with E-state index in [4.69, 9.17) is 17.3 Å². The number of nitrogens with one attached hydrogen (secondary N) is 1. The largest absolute Gasteiger partial charge is 0.508 e. The van der Waals surface area contributed by atoms with Gasteiger partial charge < -0.3 is 20.7 Å². The highest BCUT2D eigenvalue weighted by Gasteiger charge is 2.28. The van der Waals surface area contributed by atoms with Crippen LogP contribution in [0.4, 0.5) is 0 Å². The van der Waals surface area contributed by atoms with Gasteiger partial charge in [-0.25, -0.2) is 0 Å². The predicted octanol–water partition coefficient (Wildman–Crippen LogP) is 2.78. The standard InChI is InChI=1S/C18H14ClN3O3/c19-14-5-10(17(20)24)3-11-7-22(8-13(11)14)18(25)16-6-9-4-12(23)1-2-15(9)21-16/h1-6,21,23H,7-8H2,(H2,20,24). The number of H-pyrrole nitrogens is 1. The second kappa shape index (κ2) is 5.53. The first-order valence-electron chi connectivity index (χ1n) is 7.64. The number of nitrogens with zero attached hydrogens (tertiary/aromatic N) is 1. The fourth-order valence-corrected chi connectivity index (χ4v) is 3.45. The highest BCUT2D eigenvalue weighted by atomic mass is 35.5. The summed E-state index contributed by atoms with van der Waals surface area (Å²) in [6.45, 7) is 0.724. The van der Waals surface area contributed by atoms with Gasteiger partial charge in [0.1, 0.15) is 11.4 Å². The van der Waals surface area contributed by atoms with Gasteiger partial charge in [-0.3, -0.25) is 9.59 Å². The molecule has 4 rings (SSSR count). The molecule has 126 valence electrons. The zero-order valence-electron chi connectivity index (χ0n) is 13.0. The number of aromatic nitrogens is 1. The third kappa shape index (κ3) is 2.60. The minimum Gasteiger partial charge on any atom is -0.508 e. The molecule has 2 heterocycles. The minimum atomic E-state index is -0.551. The second-order valence-electron chi connectivity index (χ2n) is 6.08. The number of halogens is 1. The number of carbonyl (C=O) groups excluding carboxylic acids is 2. The fraction of sp³-hybridized carbons (Fsp3) is 0.111. The molecule has 0 radical (unpaired) electrons. The molecule has 0 spiro atoms. The highest BCUT2D eigenvalue weighted by Crippen LogP contribution is 2.32. The van der Waals surface area contributed by atoms with Crippen LogP contribution in [0.25, 0.3) is 10.9 Å². The van der Waals surface area contributed by atoms with Gasteiger partial charge in [0.25, 0.3) is 5.91 Å². The summed E-state index contributed by atoms with van der Waals surface area (Å²) in [6.07, 6.45) is 0. The van der Waals surface area contributed by atoms with Gasteiger partial charge >= 0.3 is 0 Å². The number of phenolic OH excluding ortho intramolecular Hbond substituents is 1. The van der Waals surface area contributed by atoms with Gasteiger partial charge in [0.15, 0.2) is 0 Å². The van der Waals surface area contributed by atoms with Gasteiger partial charge in [0, 0.05) is 34.6 Å². The van der Waals surface area contributed by atoms with Crippen molar-refractivity contribution >= 4 is 34.3 Å². The normalized spacial score (nSPS) is 13.2. The number of fused-ring (bicyclic) bond motifs is 2. The van der Waals surface area contributed by atoms with Crippen molar-refractivity contribution in [3.8, 4) is 5.75 Å². The first-order valence-corrected chi connectivity index (χ1v) is 8.02. The quantitative estimate of drug-likeness (QED) is 0.659. The highest BCUT2D eigenvalue weighted by molar-refractivity contribution is 6.32. The Bertz CT molecular complexity index is 1040. The van der Waals surface area contributed by atoms with Crippen LogP contribution >= 0.6 is 11.6 Å². The Kier molecular flexibility index (Phi) is 3.43. The van der Waals surface area contributed by atoms with E-state index in [0.717, 1.165) is 22.0 Å². The SMILES string of the molecule is NC(=O)c1cc(Cl)c2c(c1)CN(C(=O)c1cc3cc(O)ccc3[nH]1)C2. The maximum Gasteiger partial charge on any atom is 0.270 e. The summed E-state index contributed by atoms with van der Waals surface area (Å²) in [4.78, 5) is 28.9. The predicted molar refractivity (Wildman–Crippen MR) is 93.5 cm³/mol. The fourth-order valence-electron chi connectivity index (χ4n) is 3.16. The summed E-state index contributed by atoms with van der Waals surface area (Å²) in [7, 11) is 0. The molecular weight excluding hydrogens is 342 g/mol. The lowest BCUT2D eigenvalue weighted by molar-refractivity contribution is 0.0746. The maximum atomic E-state index is 12.8. The van der Waals surface area contributed by atoms with E-state index in [0.29, 0.717) is 29.4 Å². The number of primary amides is 1. The van der Waals surface area contributed by atoms with Gasteiger partial charge in [-0.15, -0.1) is 0 Å². The van der Waals surface area contributed by atoms with Gasteiger partial charge in [-0.2, -0.15) is 0 Å². The Labute approximate surface area is 147 Å². The summed E-state index contributed by atoms with van der Waals surface area (Å²) in [5.74, 6) is -0.585. The number of benzene rings is 2. The van der Waals surface area contributed by atoms with E-state index in [2.05, 4.69) is 4.98 Å². The van der Waals surface area contributed by atoms with E-state index in [9.17, 15) is 14.7 Å². The second-order valence-corrected chi connectivity index (χ2v) is 6.48. The van der Waals surface area contributed by atoms with Gasteiger partial charge in [0.05, 0.1) is 0 Å². The third-order valence-corrected chi connectivity index (χ3v) is 4.74. The summed E-state index contributed by atoms with van der Waals surface area (Å²) >= 11 is 6.24. The van der Waals surface area contributed by atoms with E-state index in [-0.39, 0.29) is 11.7 Å². The van der Waals surface area contributed by atoms with E-state index in [1.165, 1.54) is 6.07 Å². The molecule has 6 nitrogen and oxygen atoms in total. The molecule has 4 N–H and O–H groups in total. The molecule has 2 aromatic carbocycles. The number of aromatic amines is 1. The third-order valence-electron chi connectivity index (χ3n) is 4.40. The van der Waals surface area contributed by atoms with Crippen molar-refractivity contribution in [2.45, 2.75) is 13.1 Å². The van der Waals surface area contributed by atoms with E-state index in [1.54, 1.807) is 35.2 Å².